The summed E-state index contributed by atoms with van der Waals surface area (Å²) in [5, 5.41) is 9.72. The summed E-state index contributed by atoms with van der Waals surface area (Å²) < 4.78 is 7.33. The molecule has 1 aromatic heterocycles. The highest BCUT2D eigenvalue weighted by Crippen LogP contribution is 2.27. The van der Waals surface area contributed by atoms with Crippen molar-refractivity contribution in [1.82, 2.24) is 15.1 Å². The molecule has 0 atom stereocenters. The third-order valence-corrected chi connectivity index (χ3v) is 4.72. The summed E-state index contributed by atoms with van der Waals surface area (Å²) in [5.41, 5.74) is 3.72. The number of nitrogens with zero attached hydrogens (tertiary/aromatic N) is 2. The number of rotatable bonds is 9. The lowest BCUT2D eigenvalue weighted by Gasteiger charge is -2.15. The molecule has 0 radical (unpaired) electrons. The third-order valence-electron chi connectivity index (χ3n) is 4.72. The van der Waals surface area contributed by atoms with Crippen LogP contribution in [0, 0.1) is 6.92 Å². The molecule has 0 saturated heterocycles. The van der Waals surface area contributed by atoms with E-state index in [2.05, 4.69) is 29.6 Å². The molecule has 0 fully saturated rings. The number of amides is 2. The molecule has 2 amide bonds. The number of aryl methyl sites for hydroxylation is 1. The lowest BCUT2D eigenvalue weighted by atomic mass is 10.0. The van der Waals surface area contributed by atoms with Crippen molar-refractivity contribution in [1.29, 1.82) is 0 Å². The maximum Gasteiger partial charge on any atom is 0.258 e. The molecule has 3 rings (SSSR count). The average molecular weight is 421 g/mol. The van der Waals surface area contributed by atoms with Gasteiger partial charge in [-0.1, -0.05) is 38.1 Å². The third kappa shape index (κ3) is 6.70. The number of anilines is 1. The van der Waals surface area contributed by atoms with E-state index in [-0.39, 0.29) is 25.0 Å². The van der Waals surface area contributed by atoms with E-state index in [0.29, 0.717) is 18.2 Å². The summed E-state index contributed by atoms with van der Waals surface area (Å²) in [6.07, 6.45) is 3.36. The van der Waals surface area contributed by atoms with E-state index in [0.717, 1.165) is 22.4 Å². The molecule has 31 heavy (non-hydrogen) atoms. The fourth-order valence-electron chi connectivity index (χ4n) is 3.14. The largest absolute Gasteiger partial charge is 0.483 e. The highest BCUT2D eigenvalue weighted by molar-refractivity contribution is 5.90. The van der Waals surface area contributed by atoms with E-state index in [9.17, 15) is 9.59 Å². The van der Waals surface area contributed by atoms with Crippen LogP contribution in [-0.4, -0.2) is 28.2 Å². The number of carbonyl (C=O) groups is 2. The number of aromatic nitrogens is 2. The van der Waals surface area contributed by atoms with Gasteiger partial charge in [-0.15, -0.1) is 0 Å². The molecule has 2 N–H and O–H groups in total. The van der Waals surface area contributed by atoms with E-state index in [1.165, 1.54) is 0 Å². The van der Waals surface area contributed by atoms with E-state index in [1.54, 1.807) is 29.2 Å². The lowest BCUT2D eigenvalue weighted by molar-refractivity contribution is -0.123. The van der Waals surface area contributed by atoms with Crippen LogP contribution in [0.3, 0.4) is 0 Å². The monoisotopic (exact) mass is 420 g/mol. The van der Waals surface area contributed by atoms with Gasteiger partial charge in [-0.05, 0) is 53.8 Å². The summed E-state index contributed by atoms with van der Waals surface area (Å²) in [6.45, 7) is 6.62. The van der Waals surface area contributed by atoms with Gasteiger partial charge in [-0.25, -0.2) is 0 Å². The Morgan fingerprint density at radius 2 is 1.94 bits per heavy atom. The van der Waals surface area contributed by atoms with Crippen molar-refractivity contribution in [2.45, 2.75) is 39.8 Å². The van der Waals surface area contributed by atoms with E-state index < -0.39 is 0 Å². The van der Waals surface area contributed by atoms with Gasteiger partial charge in [-0.2, -0.15) is 5.10 Å². The van der Waals surface area contributed by atoms with E-state index in [1.807, 2.05) is 43.3 Å². The topological polar surface area (TPSA) is 85.3 Å². The molecular formula is C24H28N4O3. The Balaban J connectivity index is 1.50. The van der Waals surface area contributed by atoms with Crippen LogP contribution in [0.5, 0.6) is 5.75 Å². The Hall–Kier alpha value is -3.61. The Kier molecular flexibility index (Phi) is 7.43. The first-order valence-electron chi connectivity index (χ1n) is 10.3. The Bertz CT molecular complexity index is 1030. The average Bonchev–Trinajstić information content (AvgIpc) is 3.23. The standard InChI is InChI=1S/C24H28N4O3/c1-17(2)21-9-8-18(3)12-22(21)31-16-24(30)25-14-19-6-4-7-20(13-19)27-23(29)15-28-11-5-10-26-28/h4-13,17H,14-16H2,1-3H3,(H,25,30)(H,27,29). The smallest absolute Gasteiger partial charge is 0.258 e. The molecule has 0 aliphatic heterocycles. The highest BCUT2D eigenvalue weighted by Gasteiger charge is 2.11. The van der Waals surface area contributed by atoms with Crippen LogP contribution in [0.25, 0.3) is 0 Å². The lowest BCUT2D eigenvalue weighted by Crippen LogP contribution is -2.28. The number of nitrogens with one attached hydrogen (secondary N) is 2. The number of hydrogen-bond acceptors (Lipinski definition) is 4. The molecule has 0 unspecified atom stereocenters. The van der Waals surface area contributed by atoms with Gasteiger partial charge in [0.1, 0.15) is 12.3 Å². The summed E-state index contributed by atoms with van der Waals surface area (Å²) in [5.74, 6) is 0.679. The molecule has 2 aromatic carbocycles. The van der Waals surface area contributed by atoms with Crippen molar-refractivity contribution in [2.75, 3.05) is 11.9 Å². The zero-order valence-corrected chi connectivity index (χ0v) is 18.1. The number of benzene rings is 2. The fraction of sp³-hybridized carbons (Fsp3) is 0.292. The van der Waals surface area contributed by atoms with Crippen LogP contribution >= 0.6 is 0 Å². The quantitative estimate of drug-likeness (QED) is 0.553. The number of ether oxygens (including phenoxy) is 1. The van der Waals surface area contributed by atoms with E-state index in [4.69, 9.17) is 4.74 Å². The summed E-state index contributed by atoms with van der Waals surface area (Å²) >= 11 is 0. The molecule has 162 valence electrons. The van der Waals surface area contributed by atoms with Gasteiger partial charge in [0.25, 0.3) is 5.91 Å². The number of hydrogen-bond donors (Lipinski definition) is 2. The summed E-state index contributed by atoms with van der Waals surface area (Å²) in [6, 6.07) is 15.2. The summed E-state index contributed by atoms with van der Waals surface area (Å²) in [7, 11) is 0. The van der Waals surface area contributed by atoms with Crippen LogP contribution in [0.1, 0.15) is 36.5 Å². The minimum Gasteiger partial charge on any atom is -0.483 e. The second kappa shape index (κ2) is 10.4. The molecule has 3 aromatic rings. The molecule has 0 saturated carbocycles. The molecule has 0 spiro atoms. The molecular weight excluding hydrogens is 392 g/mol. The van der Waals surface area contributed by atoms with Crippen LogP contribution in [0.2, 0.25) is 0 Å². The first kappa shape index (κ1) is 22.1. The Morgan fingerprint density at radius 3 is 2.68 bits per heavy atom. The SMILES string of the molecule is Cc1ccc(C(C)C)c(OCC(=O)NCc2cccc(NC(=O)Cn3cccn3)c2)c1. The molecule has 0 aliphatic carbocycles. The van der Waals surface area contributed by atoms with Crippen LogP contribution in [-0.2, 0) is 22.7 Å². The number of carbonyl (C=O) groups excluding carboxylic acids is 2. The van der Waals surface area contributed by atoms with Gasteiger partial charge in [0.15, 0.2) is 6.61 Å². The van der Waals surface area contributed by atoms with Crippen molar-refractivity contribution in [3.05, 3.63) is 77.6 Å². The van der Waals surface area contributed by atoms with Crippen LogP contribution in [0.4, 0.5) is 5.69 Å². The van der Waals surface area contributed by atoms with Gasteiger partial charge < -0.3 is 15.4 Å². The first-order chi connectivity index (χ1) is 14.9. The van der Waals surface area contributed by atoms with Crippen molar-refractivity contribution < 1.29 is 14.3 Å². The van der Waals surface area contributed by atoms with Gasteiger partial charge in [0.2, 0.25) is 5.91 Å². The zero-order valence-electron chi connectivity index (χ0n) is 18.1. The highest BCUT2D eigenvalue weighted by atomic mass is 16.5. The molecule has 0 aliphatic rings. The predicted molar refractivity (Wildman–Crippen MR) is 120 cm³/mol. The maximum absolute atomic E-state index is 12.3. The van der Waals surface area contributed by atoms with E-state index >= 15 is 0 Å². The normalized spacial score (nSPS) is 10.7. The predicted octanol–water partition coefficient (Wildman–Crippen LogP) is 3.65. The Labute approximate surface area is 182 Å². The minimum atomic E-state index is -0.204. The molecule has 7 nitrogen and oxygen atoms in total. The second-order valence-corrected chi connectivity index (χ2v) is 7.71. The first-order valence-corrected chi connectivity index (χ1v) is 10.3. The van der Waals surface area contributed by atoms with Crippen molar-refractivity contribution in [2.24, 2.45) is 0 Å². The van der Waals surface area contributed by atoms with Crippen LogP contribution in [0.15, 0.2) is 60.9 Å². The molecule has 0 bridgehead atoms. The van der Waals surface area contributed by atoms with Gasteiger partial charge >= 0.3 is 0 Å². The van der Waals surface area contributed by atoms with Gasteiger partial charge in [0.05, 0.1) is 0 Å². The zero-order chi connectivity index (χ0) is 22.2. The fourth-order valence-corrected chi connectivity index (χ4v) is 3.14. The van der Waals surface area contributed by atoms with Crippen molar-refractivity contribution in [3.63, 3.8) is 0 Å². The van der Waals surface area contributed by atoms with Gasteiger partial charge in [0, 0.05) is 24.6 Å². The molecule has 7 heteroatoms. The van der Waals surface area contributed by atoms with Crippen molar-refractivity contribution in [3.8, 4) is 5.75 Å². The summed E-state index contributed by atoms with van der Waals surface area (Å²) in [4.78, 5) is 24.4. The Morgan fingerprint density at radius 1 is 1.10 bits per heavy atom. The van der Waals surface area contributed by atoms with Gasteiger partial charge in [-0.3, -0.25) is 14.3 Å². The molecule has 1 heterocycles. The van der Waals surface area contributed by atoms with Crippen LogP contribution < -0.4 is 15.4 Å². The van der Waals surface area contributed by atoms with Crippen molar-refractivity contribution >= 4 is 17.5 Å². The maximum atomic E-state index is 12.3. The minimum absolute atomic E-state index is 0.0521. The second-order valence-electron chi connectivity index (χ2n) is 7.71.